The Morgan fingerprint density at radius 3 is 1.13 bits per heavy atom. The van der Waals surface area contributed by atoms with E-state index in [2.05, 4.69) is 450 Å². The number of furan rings is 1. The number of thiophene rings is 1. The van der Waals surface area contributed by atoms with Crippen LogP contribution in [0.15, 0.2) is 429 Å². The van der Waals surface area contributed by atoms with Crippen molar-refractivity contribution in [2.24, 2.45) is 0 Å². The maximum atomic E-state index is 6.21. The summed E-state index contributed by atoms with van der Waals surface area (Å²) in [6.07, 6.45) is 0. The number of nitrogens with zero attached hydrogens (tertiary/aromatic N) is 2. The van der Waals surface area contributed by atoms with Crippen molar-refractivity contribution in [3.8, 4) is 89.0 Å². The molecular formula is C118H82N2OS. The highest BCUT2D eigenvalue weighted by Crippen LogP contribution is 2.56. The van der Waals surface area contributed by atoms with E-state index in [9.17, 15) is 0 Å². The summed E-state index contributed by atoms with van der Waals surface area (Å²) in [6.45, 7) is 9.58. The van der Waals surface area contributed by atoms with Crippen molar-refractivity contribution >= 4 is 131 Å². The van der Waals surface area contributed by atoms with Crippen LogP contribution in [0.5, 0.6) is 0 Å². The molecular weight excluding hydrogens is 1490 g/mol. The highest BCUT2D eigenvalue weighted by atomic mass is 32.1. The van der Waals surface area contributed by atoms with Crippen molar-refractivity contribution in [1.29, 1.82) is 0 Å². The van der Waals surface area contributed by atoms with Gasteiger partial charge in [0.2, 0.25) is 0 Å². The average Bonchev–Trinajstić information content (AvgIpc) is 1.55. The minimum absolute atomic E-state index is 0.230. The molecule has 576 valence electrons. The van der Waals surface area contributed by atoms with Crippen LogP contribution < -0.4 is 9.80 Å². The molecule has 2 aromatic heterocycles. The zero-order chi connectivity index (χ0) is 81.3. The molecule has 0 saturated heterocycles. The van der Waals surface area contributed by atoms with Crippen LogP contribution in [0.3, 0.4) is 0 Å². The Bertz CT molecular complexity index is 7970. The molecule has 0 atom stereocenters. The van der Waals surface area contributed by atoms with Crippen LogP contribution in [0.25, 0.3) is 174 Å². The zero-order valence-electron chi connectivity index (χ0n) is 68.1. The third-order valence-corrected chi connectivity index (χ3v) is 27.3. The molecule has 0 radical (unpaired) electrons. The van der Waals surface area contributed by atoms with E-state index in [0.29, 0.717) is 0 Å². The van der Waals surface area contributed by atoms with Gasteiger partial charge in [0, 0.05) is 75.7 Å². The third-order valence-electron chi connectivity index (χ3n) is 26.1. The smallest absolute Gasteiger partial charge is 0.135 e. The molecule has 0 spiro atoms. The van der Waals surface area contributed by atoms with E-state index >= 15 is 0 Å². The van der Waals surface area contributed by atoms with Gasteiger partial charge in [-0.3, -0.25) is 0 Å². The summed E-state index contributed by atoms with van der Waals surface area (Å²) in [6, 6.07) is 156. The van der Waals surface area contributed by atoms with E-state index in [-0.39, 0.29) is 10.8 Å². The Balaban J connectivity index is 0.000000142. The van der Waals surface area contributed by atoms with Crippen molar-refractivity contribution in [1.82, 2.24) is 0 Å². The molecule has 0 bridgehead atoms. The molecule has 20 aromatic carbocycles. The summed E-state index contributed by atoms with van der Waals surface area (Å²) < 4.78 is 8.85. The van der Waals surface area contributed by atoms with Crippen LogP contribution in [-0.2, 0) is 10.8 Å². The maximum Gasteiger partial charge on any atom is 0.135 e. The lowest BCUT2D eigenvalue weighted by molar-refractivity contribution is 0.660. The number of para-hydroxylation sites is 3. The lowest BCUT2D eigenvalue weighted by Crippen LogP contribution is -2.17. The van der Waals surface area contributed by atoms with Gasteiger partial charge in [-0.15, -0.1) is 11.3 Å². The largest absolute Gasteiger partial charge is 0.456 e. The van der Waals surface area contributed by atoms with Crippen molar-refractivity contribution in [3.05, 3.63) is 447 Å². The van der Waals surface area contributed by atoms with Gasteiger partial charge in [-0.05, 0) is 252 Å². The second-order valence-electron chi connectivity index (χ2n) is 33.7. The molecule has 2 aliphatic carbocycles. The number of hydrogen-bond acceptors (Lipinski definition) is 4. The minimum atomic E-state index is -0.238. The monoisotopic (exact) mass is 1570 g/mol. The second-order valence-corrected chi connectivity index (χ2v) is 34.8. The number of hydrogen-bond donors (Lipinski definition) is 0. The van der Waals surface area contributed by atoms with Gasteiger partial charge in [-0.2, -0.15) is 0 Å². The molecule has 0 aliphatic heterocycles. The van der Waals surface area contributed by atoms with Crippen molar-refractivity contribution in [3.63, 3.8) is 0 Å². The summed E-state index contributed by atoms with van der Waals surface area (Å²) in [5, 5.41) is 15.2. The maximum absolute atomic E-state index is 6.21. The fraction of sp³-hybridized carbons (Fsp3) is 0.0508. The Morgan fingerprint density at radius 2 is 0.574 bits per heavy atom. The number of benzene rings is 20. The van der Waals surface area contributed by atoms with E-state index in [1.807, 2.05) is 23.5 Å². The fourth-order valence-electron chi connectivity index (χ4n) is 20.1. The first-order chi connectivity index (χ1) is 60.0. The fourth-order valence-corrected chi connectivity index (χ4v) is 21.3. The minimum Gasteiger partial charge on any atom is -0.456 e. The van der Waals surface area contributed by atoms with E-state index in [1.165, 1.54) is 163 Å². The van der Waals surface area contributed by atoms with E-state index in [4.69, 9.17) is 4.42 Å². The molecule has 2 aliphatic rings. The second kappa shape index (κ2) is 29.0. The molecule has 0 unspecified atom stereocenters. The first-order valence-corrected chi connectivity index (χ1v) is 43.1. The molecule has 3 nitrogen and oxygen atoms in total. The molecule has 4 heteroatoms. The van der Waals surface area contributed by atoms with Gasteiger partial charge < -0.3 is 14.2 Å². The van der Waals surface area contributed by atoms with E-state index in [1.54, 1.807) is 0 Å². The summed E-state index contributed by atoms with van der Waals surface area (Å²) in [4.78, 5) is 4.92. The van der Waals surface area contributed by atoms with Gasteiger partial charge in [-0.25, -0.2) is 0 Å². The van der Waals surface area contributed by atoms with Gasteiger partial charge in [0.15, 0.2) is 0 Å². The van der Waals surface area contributed by atoms with Gasteiger partial charge in [0.05, 0.1) is 11.4 Å². The lowest BCUT2D eigenvalue weighted by atomic mass is 9.81. The summed E-state index contributed by atoms with van der Waals surface area (Å²) >= 11 is 1.88. The molecule has 24 rings (SSSR count). The quantitative estimate of drug-likeness (QED) is 0.114. The Labute approximate surface area is 714 Å². The predicted molar refractivity (Wildman–Crippen MR) is 520 cm³/mol. The first kappa shape index (κ1) is 72.3. The molecule has 22 aromatic rings. The number of rotatable bonds is 12. The molecule has 0 amide bonds. The first-order valence-electron chi connectivity index (χ1n) is 42.3. The highest BCUT2D eigenvalue weighted by Gasteiger charge is 2.39. The van der Waals surface area contributed by atoms with Crippen LogP contribution in [0.4, 0.5) is 34.1 Å². The van der Waals surface area contributed by atoms with E-state index < -0.39 is 0 Å². The number of anilines is 6. The van der Waals surface area contributed by atoms with E-state index in [0.717, 1.165) is 67.2 Å². The third kappa shape index (κ3) is 12.0. The standard InChI is InChI=1S/C59H41NO.C59H41NS/c1-59(2)54-36-42(52-35-41-17-6-7-20-45(41)47-22-8-9-23-48(47)52)27-30-49(54)50-31-29-44(37-55(50)59)60(56-25-12-10-21-46(56)38-15-4-3-5-16-38)43-19-14-18-39(33-43)40-28-32-58-53(34-40)51-24-11-13-26-57(51)61-58;1-59(2)54-36-41(53-35-40-18-6-7-21-44(40)47-23-8-9-24-48(47)53)30-32-49(54)50-33-31-43(37-55(50)59)60(56-28-12-10-22-45(56)38-16-4-3-5-17-38)42-20-14-19-39(34-42)46-26-15-27-52-51-25-11-13-29-57(51)61-58(46)52/h2*3-37H,1-2H3. The normalized spacial score (nSPS) is 12.9. The van der Waals surface area contributed by atoms with Crippen molar-refractivity contribution in [2.75, 3.05) is 9.80 Å². The highest BCUT2D eigenvalue weighted by molar-refractivity contribution is 7.26. The van der Waals surface area contributed by atoms with Gasteiger partial charge >= 0.3 is 0 Å². The SMILES string of the molecule is CC1(C)c2cc(-c3cc4ccccc4c4ccccc34)ccc2-c2ccc(N(c3cccc(-c4ccc5oc6ccccc6c5c4)c3)c3ccccc3-c3ccccc3)cc21.CC1(C)c2cc(-c3cc4ccccc4c4ccccc34)ccc2-c2ccc(N(c3cccc(-c4cccc5c4sc4ccccc45)c3)c3ccccc3-c3ccccc3)cc21. The van der Waals surface area contributed by atoms with Crippen LogP contribution in [0.2, 0.25) is 0 Å². The van der Waals surface area contributed by atoms with Crippen LogP contribution >= 0.6 is 11.3 Å². The zero-order valence-corrected chi connectivity index (χ0v) is 68.9. The summed E-state index contributed by atoms with van der Waals surface area (Å²) in [5.41, 5.74) is 33.3. The molecule has 122 heavy (non-hydrogen) atoms. The lowest BCUT2D eigenvalue weighted by Gasteiger charge is -2.30. The van der Waals surface area contributed by atoms with Gasteiger partial charge in [-0.1, -0.05) is 343 Å². The predicted octanol–water partition coefficient (Wildman–Crippen LogP) is 33.8. The summed E-state index contributed by atoms with van der Waals surface area (Å²) in [7, 11) is 0. The Hall–Kier alpha value is -14.9. The molecule has 0 saturated carbocycles. The van der Waals surface area contributed by atoms with Crippen molar-refractivity contribution in [2.45, 2.75) is 38.5 Å². The van der Waals surface area contributed by atoms with Crippen LogP contribution in [0.1, 0.15) is 49.9 Å². The van der Waals surface area contributed by atoms with Crippen LogP contribution in [-0.4, -0.2) is 0 Å². The van der Waals surface area contributed by atoms with Crippen LogP contribution in [0, 0.1) is 0 Å². The van der Waals surface area contributed by atoms with Gasteiger partial charge in [0.1, 0.15) is 11.2 Å². The Morgan fingerprint density at radius 1 is 0.205 bits per heavy atom. The van der Waals surface area contributed by atoms with Crippen molar-refractivity contribution < 1.29 is 4.42 Å². The average molecular weight is 1580 g/mol. The van der Waals surface area contributed by atoms with Gasteiger partial charge in [0.25, 0.3) is 0 Å². The summed E-state index contributed by atoms with van der Waals surface area (Å²) in [5.74, 6) is 0. The molecule has 0 fully saturated rings. The topological polar surface area (TPSA) is 19.6 Å². The Kier molecular flexibility index (Phi) is 17.2. The molecule has 0 N–H and O–H groups in total. The number of fused-ring (bicyclic) bond motifs is 18. The molecule has 2 heterocycles.